The van der Waals surface area contributed by atoms with Crippen molar-refractivity contribution in [3.05, 3.63) is 0 Å². The zero-order chi connectivity index (χ0) is 14.9. The molecule has 22 heavy (non-hydrogen) atoms. The van der Waals surface area contributed by atoms with E-state index >= 15 is 0 Å². The first-order valence-corrected chi connectivity index (χ1v) is 8.60. The maximum atomic E-state index is 6.06. The van der Waals surface area contributed by atoms with Crippen LogP contribution in [0.5, 0.6) is 0 Å². The topological polar surface area (TPSA) is 46.1 Å². The minimum Gasteiger partial charge on any atom is -0.376 e. The monoisotopic (exact) mass is 425 g/mol. The van der Waals surface area contributed by atoms with E-state index in [1.165, 1.54) is 12.8 Å². The second-order valence-electron chi connectivity index (χ2n) is 5.84. The van der Waals surface area contributed by atoms with Crippen molar-refractivity contribution < 1.29 is 9.47 Å². The molecule has 130 valence electrons. The molecule has 2 rings (SSSR count). The molecule has 0 aromatic rings. The van der Waals surface area contributed by atoms with Crippen LogP contribution >= 0.6 is 24.0 Å². The molecular formula is C16H32IN3O2. The first kappa shape index (κ1) is 20.0. The van der Waals surface area contributed by atoms with E-state index < -0.39 is 0 Å². The van der Waals surface area contributed by atoms with Crippen LogP contribution < -0.4 is 5.32 Å². The van der Waals surface area contributed by atoms with Crippen LogP contribution in [0.3, 0.4) is 0 Å². The van der Waals surface area contributed by atoms with Gasteiger partial charge >= 0.3 is 0 Å². The lowest BCUT2D eigenvalue weighted by molar-refractivity contribution is -0.0721. The number of piperidine rings is 1. The highest BCUT2D eigenvalue weighted by atomic mass is 127. The summed E-state index contributed by atoms with van der Waals surface area (Å²) in [5, 5.41) is 3.37. The molecule has 0 radical (unpaired) electrons. The molecule has 0 amide bonds. The molecule has 1 atom stereocenters. The van der Waals surface area contributed by atoms with Crippen molar-refractivity contribution >= 4 is 29.9 Å². The number of aliphatic imine (C=N–C) groups is 1. The summed E-state index contributed by atoms with van der Waals surface area (Å²) >= 11 is 0. The predicted molar refractivity (Wildman–Crippen MR) is 101 cm³/mol. The van der Waals surface area contributed by atoms with Crippen molar-refractivity contribution in [2.75, 3.05) is 39.4 Å². The molecule has 5 nitrogen and oxygen atoms in total. The quantitative estimate of drug-likeness (QED) is 0.418. The second-order valence-corrected chi connectivity index (χ2v) is 5.84. The van der Waals surface area contributed by atoms with Crippen molar-refractivity contribution in [1.82, 2.24) is 10.2 Å². The van der Waals surface area contributed by atoms with E-state index in [2.05, 4.69) is 29.1 Å². The minimum absolute atomic E-state index is 0. The lowest BCUT2D eigenvalue weighted by atomic mass is 10.1. The highest BCUT2D eigenvalue weighted by Gasteiger charge is 2.23. The van der Waals surface area contributed by atoms with E-state index in [-0.39, 0.29) is 24.0 Å². The summed E-state index contributed by atoms with van der Waals surface area (Å²) in [6, 6.07) is 0. The van der Waals surface area contributed by atoms with Gasteiger partial charge in [0.25, 0.3) is 0 Å². The van der Waals surface area contributed by atoms with E-state index in [1.54, 1.807) is 0 Å². The second kappa shape index (κ2) is 11.5. The molecule has 2 fully saturated rings. The van der Waals surface area contributed by atoms with E-state index in [1.807, 2.05) is 0 Å². The van der Waals surface area contributed by atoms with Crippen molar-refractivity contribution in [1.29, 1.82) is 0 Å². The summed E-state index contributed by atoms with van der Waals surface area (Å²) in [6.07, 6.45) is 6.53. The molecule has 2 heterocycles. The third-order valence-electron chi connectivity index (χ3n) is 4.18. The van der Waals surface area contributed by atoms with Gasteiger partial charge in [0.05, 0.1) is 18.8 Å². The van der Waals surface area contributed by atoms with Crippen molar-refractivity contribution in [2.24, 2.45) is 4.99 Å². The Hall–Kier alpha value is -0.0800. The molecule has 0 spiro atoms. The number of guanidine groups is 1. The number of hydrogen-bond acceptors (Lipinski definition) is 3. The molecule has 0 saturated carbocycles. The molecular weight excluding hydrogens is 393 g/mol. The Bertz CT molecular complexity index is 315. The average molecular weight is 425 g/mol. The summed E-state index contributed by atoms with van der Waals surface area (Å²) < 4.78 is 11.8. The fraction of sp³-hybridized carbons (Fsp3) is 0.938. The van der Waals surface area contributed by atoms with Gasteiger partial charge in [-0.15, -0.1) is 24.0 Å². The lowest BCUT2D eigenvalue weighted by Gasteiger charge is -2.35. The van der Waals surface area contributed by atoms with Gasteiger partial charge in [-0.05, 0) is 46.0 Å². The zero-order valence-corrected chi connectivity index (χ0v) is 16.4. The number of ether oxygens (including phenoxy) is 2. The van der Waals surface area contributed by atoms with E-state index in [9.17, 15) is 0 Å². The minimum atomic E-state index is 0. The van der Waals surface area contributed by atoms with Gasteiger partial charge in [0.15, 0.2) is 5.96 Å². The van der Waals surface area contributed by atoms with Crippen LogP contribution in [0.15, 0.2) is 4.99 Å². The molecule has 2 aliphatic rings. The average Bonchev–Trinajstić information content (AvgIpc) is 2.54. The van der Waals surface area contributed by atoms with Gasteiger partial charge in [0.1, 0.15) is 0 Å². The fourth-order valence-corrected chi connectivity index (χ4v) is 2.99. The summed E-state index contributed by atoms with van der Waals surface area (Å²) in [4.78, 5) is 6.90. The fourth-order valence-electron chi connectivity index (χ4n) is 2.99. The van der Waals surface area contributed by atoms with Gasteiger partial charge < -0.3 is 19.7 Å². The van der Waals surface area contributed by atoms with Crippen LogP contribution in [0.4, 0.5) is 0 Å². The molecule has 2 saturated heterocycles. The number of halogens is 1. The summed E-state index contributed by atoms with van der Waals surface area (Å²) in [5.41, 5.74) is 0. The Balaban J connectivity index is 0.00000242. The maximum absolute atomic E-state index is 6.06. The van der Waals surface area contributed by atoms with E-state index in [0.29, 0.717) is 12.2 Å². The van der Waals surface area contributed by atoms with Gasteiger partial charge in [0, 0.05) is 32.8 Å². The molecule has 0 bridgehead atoms. The van der Waals surface area contributed by atoms with E-state index in [0.717, 1.165) is 64.6 Å². The van der Waals surface area contributed by atoms with Crippen molar-refractivity contribution in [3.63, 3.8) is 0 Å². The maximum Gasteiger partial charge on any atom is 0.193 e. The van der Waals surface area contributed by atoms with Gasteiger partial charge in [-0.1, -0.05) is 0 Å². The highest BCUT2D eigenvalue weighted by molar-refractivity contribution is 14.0. The largest absolute Gasteiger partial charge is 0.376 e. The lowest BCUT2D eigenvalue weighted by Crippen LogP contribution is -2.47. The SMILES string of the molecule is CCN=C(NCC)N1CCC(OCC2CCCCO2)CC1.I. The number of rotatable bonds is 5. The summed E-state index contributed by atoms with van der Waals surface area (Å²) in [6.45, 7) is 9.69. The highest BCUT2D eigenvalue weighted by Crippen LogP contribution is 2.17. The van der Waals surface area contributed by atoms with Crippen molar-refractivity contribution in [2.45, 2.75) is 58.2 Å². The standard InChI is InChI=1S/C16H31N3O2.HI/c1-3-17-16(18-4-2)19-10-8-14(9-11-19)21-13-15-7-5-6-12-20-15;/h14-15H,3-13H2,1-2H3,(H,17,18);1H. The molecule has 0 aromatic heterocycles. The zero-order valence-electron chi connectivity index (χ0n) is 14.1. The van der Waals surface area contributed by atoms with Crippen LogP contribution in [-0.4, -0.2) is 62.5 Å². The smallest absolute Gasteiger partial charge is 0.193 e. The van der Waals surface area contributed by atoms with Crippen molar-refractivity contribution in [3.8, 4) is 0 Å². The van der Waals surface area contributed by atoms with Gasteiger partial charge in [-0.3, -0.25) is 4.99 Å². The molecule has 1 unspecified atom stereocenters. The molecule has 2 aliphatic heterocycles. The Morgan fingerprint density at radius 3 is 2.59 bits per heavy atom. The Kier molecular flexibility index (Phi) is 10.4. The van der Waals surface area contributed by atoms with Crippen LogP contribution in [0.2, 0.25) is 0 Å². The van der Waals surface area contributed by atoms with Crippen LogP contribution in [0.25, 0.3) is 0 Å². The Morgan fingerprint density at radius 2 is 2.00 bits per heavy atom. The number of nitrogens with zero attached hydrogens (tertiary/aromatic N) is 2. The molecule has 0 aliphatic carbocycles. The number of likely N-dealkylation sites (tertiary alicyclic amines) is 1. The predicted octanol–water partition coefficient (Wildman–Crippen LogP) is 2.64. The third-order valence-corrected chi connectivity index (χ3v) is 4.18. The third kappa shape index (κ3) is 6.58. The van der Waals surface area contributed by atoms with Gasteiger partial charge in [-0.25, -0.2) is 0 Å². The molecule has 1 N–H and O–H groups in total. The number of nitrogens with one attached hydrogen (secondary N) is 1. The number of hydrogen-bond donors (Lipinski definition) is 1. The first-order valence-electron chi connectivity index (χ1n) is 8.60. The Labute approximate surface area is 152 Å². The van der Waals surface area contributed by atoms with Crippen LogP contribution in [-0.2, 0) is 9.47 Å². The van der Waals surface area contributed by atoms with Gasteiger partial charge in [0.2, 0.25) is 0 Å². The normalized spacial score (nSPS) is 24.0. The summed E-state index contributed by atoms with van der Waals surface area (Å²) in [5.74, 6) is 1.05. The summed E-state index contributed by atoms with van der Waals surface area (Å²) in [7, 11) is 0. The first-order chi connectivity index (χ1) is 10.3. The van der Waals surface area contributed by atoms with Crippen LogP contribution in [0, 0.1) is 0 Å². The Morgan fingerprint density at radius 1 is 1.23 bits per heavy atom. The molecule has 0 aromatic carbocycles. The van der Waals surface area contributed by atoms with Crippen LogP contribution in [0.1, 0.15) is 46.0 Å². The van der Waals surface area contributed by atoms with E-state index in [4.69, 9.17) is 9.47 Å². The molecule has 6 heteroatoms. The van der Waals surface area contributed by atoms with Gasteiger partial charge in [-0.2, -0.15) is 0 Å².